The third-order valence-corrected chi connectivity index (χ3v) is 6.99. The van der Waals surface area contributed by atoms with Crippen molar-refractivity contribution in [1.29, 1.82) is 0 Å². The fourth-order valence-electron chi connectivity index (χ4n) is 3.91. The van der Waals surface area contributed by atoms with Crippen LogP contribution in [0.5, 0.6) is 11.5 Å². The summed E-state index contributed by atoms with van der Waals surface area (Å²) in [5, 5.41) is 4.02. The molecule has 2 amide bonds. The molecule has 192 valence electrons. The summed E-state index contributed by atoms with van der Waals surface area (Å²) in [5.41, 5.74) is 5.92. The normalized spacial score (nSPS) is 15.2. The fraction of sp³-hybridized carbons (Fsp3) is 0.276. The summed E-state index contributed by atoms with van der Waals surface area (Å²) in [6.45, 7) is 5.66. The van der Waals surface area contributed by atoms with Crippen molar-refractivity contribution in [3.63, 3.8) is 0 Å². The van der Waals surface area contributed by atoms with E-state index < -0.39 is 0 Å². The van der Waals surface area contributed by atoms with Crippen molar-refractivity contribution in [3.8, 4) is 11.5 Å². The van der Waals surface area contributed by atoms with Gasteiger partial charge in [-0.25, -0.2) is 5.43 Å². The second-order valence-corrected chi connectivity index (χ2v) is 9.55. The molecule has 4 rings (SSSR count). The van der Waals surface area contributed by atoms with Gasteiger partial charge in [-0.05, 0) is 60.4 Å². The molecule has 0 aromatic heterocycles. The molecule has 1 aliphatic rings. The maximum absolute atomic E-state index is 12.6. The molecule has 3 aromatic carbocycles. The number of rotatable bonds is 11. The van der Waals surface area contributed by atoms with Crippen LogP contribution in [-0.4, -0.2) is 41.9 Å². The van der Waals surface area contributed by atoms with E-state index in [2.05, 4.69) is 10.5 Å². The lowest BCUT2D eigenvalue weighted by molar-refractivity contribution is -0.128. The molecular formula is C29H31N3O4S. The van der Waals surface area contributed by atoms with Gasteiger partial charge in [-0.15, -0.1) is 11.8 Å². The fourth-order valence-corrected chi connectivity index (χ4v) is 5.10. The Morgan fingerprint density at radius 1 is 1.05 bits per heavy atom. The molecule has 8 heteroatoms. The number of thioether (sulfide) groups is 1. The van der Waals surface area contributed by atoms with Crippen molar-refractivity contribution < 1.29 is 19.1 Å². The van der Waals surface area contributed by atoms with Gasteiger partial charge in [-0.2, -0.15) is 5.10 Å². The van der Waals surface area contributed by atoms with Crippen LogP contribution in [0.1, 0.15) is 52.7 Å². The van der Waals surface area contributed by atoms with Gasteiger partial charge in [0.1, 0.15) is 5.37 Å². The molecule has 1 fully saturated rings. The van der Waals surface area contributed by atoms with Gasteiger partial charge in [0.05, 0.1) is 25.2 Å². The molecule has 0 radical (unpaired) electrons. The van der Waals surface area contributed by atoms with E-state index in [0.717, 1.165) is 23.1 Å². The Morgan fingerprint density at radius 2 is 1.84 bits per heavy atom. The zero-order chi connectivity index (χ0) is 26.0. The van der Waals surface area contributed by atoms with Gasteiger partial charge in [0, 0.05) is 12.1 Å². The molecule has 0 saturated carbocycles. The van der Waals surface area contributed by atoms with Crippen molar-refractivity contribution in [2.75, 3.05) is 19.0 Å². The summed E-state index contributed by atoms with van der Waals surface area (Å²) in [6.07, 6.45) is 2.48. The Labute approximate surface area is 221 Å². The molecule has 7 nitrogen and oxygen atoms in total. The summed E-state index contributed by atoms with van der Waals surface area (Å²) < 4.78 is 11.4. The number of ether oxygens (including phenoxy) is 2. The van der Waals surface area contributed by atoms with E-state index >= 15 is 0 Å². The first-order chi connectivity index (χ1) is 18.1. The summed E-state index contributed by atoms with van der Waals surface area (Å²) in [6, 6.07) is 22.8. The highest BCUT2D eigenvalue weighted by atomic mass is 32.2. The largest absolute Gasteiger partial charge is 0.490 e. The zero-order valence-corrected chi connectivity index (χ0v) is 21.9. The number of hydrazone groups is 1. The van der Waals surface area contributed by atoms with E-state index in [9.17, 15) is 9.59 Å². The zero-order valence-electron chi connectivity index (χ0n) is 21.1. The second kappa shape index (κ2) is 13.0. The molecular weight excluding hydrogens is 486 g/mol. The number of benzene rings is 3. The second-order valence-electron chi connectivity index (χ2n) is 8.48. The number of hydrogen-bond acceptors (Lipinski definition) is 6. The van der Waals surface area contributed by atoms with Gasteiger partial charge in [-0.3, -0.25) is 9.59 Å². The Morgan fingerprint density at radius 3 is 2.57 bits per heavy atom. The molecule has 0 bridgehead atoms. The molecule has 1 atom stereocenters. The molecule has 1 aliphatic heterocycles. The standard InChI is InChI=1S/C29H31N3O4S/c1-3-16-36-25-15-10-22(17-26(25)35-4-2)18-30-31-28(34)23-11-13-24(14-12-23)29-32(27(33)20-37-29)19-21-8-6-5-7-9-21/h5-15,17-18,29H,3-4,16,19-20H2,1-2H3,(H,31,34)/b30-18+. The van der Waals surface area contributed by atoms with Crippen LogP contribution in [0.25, 0.3) is 0 Å². The van der Waals surface area contributed by atoms with E-state index in [-0.39, 0.29) is 17.2 Å². The van der Waals surface area contributed by atoms with Gasteiger partial charge >= 0.3 is 0 Å². The molecule has 3 aromatic rings. The third kappa shape index (κ3) is 6.92. The lowest BCUT2D eigenvalue weighted by Gasteiger charge is -2.24. The molecule has 37 heavy (non-hydrogen) atoms. The molecule has 0 aliphatic carbocycles. The van der Waals surface area contributed by atoms with Crippen molar-refractivity contribution in [2.24, 2.45) is 5.10 Å². The first-order valence-electron chi connectivity index (χ1n) is 12.4. The quantitative estimate of drug-likeness (QED) is 0.272. The average molecular weight is 518 g/mol. The number of hydrogen-bond donors (Lipinski definition) is 1. The highest BCUT2D eigenvalue weighted by Crippen LogP contribution is 2.39. The van der Waals surface area contributed by atoms with Gasteiger partial charge in [-0.1, -0.05) is 49.4 Å². The van der Waals surface area contributed by atoms with Crippen LogP contribution in [0.15, 0.2) is 77.9 Å². The van der Waals surface area contributed by atoms with E-state index in [1.54, 1.807) is 30.1 Å². The highest BCUT2D eigenvalue weighted by Gasteiger charge is 2.32. The number of amides is 2. The molecule has 1 heterocycles. The lowest BCUT2D eigenvalue weighted by atomic mass is 10.1. The van der Waals surface area contributed by atoms with Crippen LogP contribution in [0.2, 0.25) is 0 Å². The first kappa shape index (κ1) is 26.3. The first-order valence-corrected chi connectivity index (χ1v) is 13.4. The predicted molar refractivity (Wildman–Crippen MR) is 147 cm³/mol. The van der Waals surface area contributed by atoms with Crippen molar-refractivity contribution in [1.82, 2.24) is 10.3 Å². The van der Waals surface area contributed by atoms with Crippen molar-refractivity contribution in [2.45, 2.75) is 32.2 Å². The van der Waals surface area contributed by atoms with Crippen molar-refractivity contribution in [3.05, 3.63) is 95.1 Å². The minimum Gasteiger partial charge on any atom is -0.490 e. The monoisotopic (exact) mass is 517 g/mol. The minimum atomic E-state index is -0.313. The Balaban J connectivity index is 1.37. The Hall–Kier alpha value is -3.78. The number of carbonyl (C=O) groups excluding carboxylic acids is 2. The molecule has 1 saturated heterocycles. The Kier molecular flexibility index (Phi) is 9.21. The van der Waals surface area contributed by atoms with Crippen LogP contribution in [0.4, 0.5) is 0 Å². The van der Waals surface area contributed by atoms with E-state index in [4.69, 9.17) is 9.47 Å². The van der Waals surface area contributed by atoms with E-state index in [1.807, 2.05) is 79.4 Å². The maximum atomic E-state index is 12.6. The SMILES string of the molecule is CCCOc1ccc(/C=N/NC(=O)c2ccc(C3SCC(=O)N3Cc3ccccc3)cc2)cc1OCC. The summed E-state index contributed by atoms with van der Waals surface area (Å²) in [5.74, 6) is 1.59. The molecule has 1 unspecified atom stereocenters. The van der Waals surface area contributed by atoms with Crippen LogP contribution >= 0.6 is 11.8 Å². The lowest BCUT2D eigenvalue weighted by Crippen LogP contribution is -2.27. The van der Waals surface area contributed by atoms with Crippen LogP contribution in [-0.2, 0) is 11.3 Å². The minimum absolute atomic E-state index is 0.0772. The Bertz CT molecular complexity index is 1230. The van der Waals surface area contributed by atoms with Gasteiger partial charge in [0.25, 0.3) is 5.91 Å². The van der Waals surface area contributed by atoms with Crippen LogP contribution in [0.3, 0.4) is 0 Å². The van der Waals surface area contributed by atoms with Gasteiger partial charge in [0.15, 0.2) is 11.5 Å². The number of carbonyl (C=O) groups is 2. The third-order valence-electron chi connectivity index (χ3n) is 5.73. The highest BCUT2D eigenvalue weighted by molar-refractivity contribution is 8.00. The van der Waals surface area contributed by atoms with E-state index in [1.165, 1.54) is 0 Å². The van der Waals surface area contributed by atoms with Gasteiger partial charge < -0.3 is 14.4 Å². The summed E-state index contributed by atoms with van der Waals surface area (Å²) in [4.78, 5) is 27.0. The maximum Gasteiger partial charge on any atom is 0.271 e. The summed E-state index contributed by atoms with van der Waals surface area (Å²) in [7, 11) is 0. The molecule has 0 spiro atoms. The number of nitrogens with one attached hydrogen (secondary N) is 1. The van der Waals surface area contributed by atoms with Gasteiger partial charge in [0.2, 0.25) is 5.91 Å². The average Bonchev–Trinajstić information content (AvgIpc) is 3.28. The predicted octanol–water partition coefficient (Wildman–Crippen LogP) is 5.41. The molecule has 1 N–H and O–H groups in total. The summed E-state index contributed by atoms with van der Waals surface area (Å²) >= 11 is 1.60. The number of nitrogens with zero attached hydrogens (tertiary/aromatic N) is 2. The van der Waals surface area contributed by atoms with Crippen LogP contribution in [0, 0.1) is 0 Å². The van der Waals surface area contributed by atoms with Crippen molar-refractivity contribution >= 4 is 29.8 Å². The topological polar surface area (TPSA) is 80.2 Å². The van der Waals surface area contributed by atoms with E-state index in [0.29, 0.717) is 42.6 Å². The van der Waals surface area contributed by atoms with Crippen LogP contribution < -0.4 is 14.9 Å². The smallest absolute Gasteiger partial charge is 0.271 e.